The molecular weight excluding hydrogens is 292 g/mol. The van der Waals surface area contributed by atoms with Crippen molar-refractivity contribution < 1.29 is 16.8 Å². The highest BCUT2D eigenvalue weighted by atomic mass is 35.5. The number of sulfone groups is 2. The molecule has 0 radical (unpaired) electrons. The maximum Gasteiger partial charge on any atom is 0.186 e. The zero-order chi connectivity index (χ0) is 12.7. The third-order valence-corrected chi connectivity index (χ3v) is 7.79. The minimum absolute atomic E-state index is 0.0286. The molecule has 0 unspecified atom stereocenters. The van der Waals surface area contributed by atoms with Crippen LogP contribution in [0.25, 0.3) is 0 Å². The molecule has 16 heavy (non-hydrogen) atoms. The fraction of sp³-hybridized carbons (Fsp3) is 0.500. The summed E-state index contributed by atoms with van der Waals surface area (Å²) in [5.74, 6) is 0. The zero-order valence-corrected chi connectivity index (χ0v) is 12.1. The van der Waals surface area contributed by atoms with Gasteiger partial charge >= 0.3 is 0 Å². The number of halogens is 1. The molecule has 1 rings (SSSR count). The van der Waals surface area contributed by atoms with E-state index in [1.807, 2.05) is 0 Å². The summed E-state index contributed by atoms with van der Waals surface area (Å²) in [4.78, 5) is -0.267. The molecule has 0 fully saturated rings. The maximum atomic E-state index is 11.9. The van der Waals surface area contributed by atoms with E-state index in [0.717, 1.165) is 17.6 Å². The maximum absolute atomic E-state index is 11.9. The minimum Gasteiger partial charge on any atom is -0.223 e. The Hall–Kier alpha value is -0.110. The Labute approximate surface area is 104 Å². The number of hydrogen-bond donors (Lipinski definition) is 0. The van der Waals surface area contributed by atoms with Crippen molar-refractivity contribution in [2.24, 2.45) is 0 Å². The average molecular weight is 303 g/mol. The second kappa shape index (κ2) is 4.29. The Bertz CT molecular complexity index is 595. The van der Waals surface area contributed by atoms with Crippen molar-refractivity contribution >= 4 is 42.6 Å². The molecule has 8 heteroatoms. The van der Waals surface area contributed by atoms with Gasteiger partial charge in [-0.1, -0.05) is 11.6 Å². The van der Waals surface area contributed by atoms with Crippen molar-refractivity contribution in [2.75, 3.05) is 6.26 Å². The average Bonchev–Trinajstić information content (AvgIpc) is 2.46. The first kappa shape index (κ1) is 14.0. The third-order valence-electron chi connectivity index (χ3n) is 1.91. The summed E-state index contributed by atoms with van der Waals surface area (Å²) in [6.07, 6.45) is 0.967. The Morgan fingerprint density at radius 2 is 1.75 bits per heavy atom. The van der Waals surface area contributed by atoms with Gasteiger partial charge in [-0.05, 0) is 13.8 Å². The lowest BCUT2D eigenvalue weighted by Gasteiger charge is -2.08. The Balaban J connectivity index is 3.65. The van der Waals surface area contributed by atoms with Crippen LogP contribution in [0.3, 0.4) is 0 Å². The van der Waals surface area contributed by atoms with E-state index in [9.17, 15) is 16.8 Å². The molecule has 1 heterocycles. The van der Waals surface area contributed by atoms with Gasteiger partial charge in [0, 0.05) is 11.6 Å². The molecule has 0 aliphatic carbocycles. The quantitative estimate of drug-likeness (QED) is 0.856. The minimum atomic E-state index is -3.68. The summed E-state index contributed by atoms with van der Waals surface area (Å²) in [7, 11) is -7.25. The van der Waals surface area contributed by atoms with Gasteiger partial charge in [0.2, 0.25) is 0 Å². The highest BCUT2D eigenvalue weighted by molar-refractivity contribution is 7.95. The molecule has 0 aliphatic rings. The molecule has 4 nitrogen and oxygen atoms in total. The number of hydrogen-bond acceptors (Lipinski definition) is 5. The van der Waals surface area contributed by atoms with Gasteiger partial charge < -0.3 is 0 Å². The third kappa shape index (κ3) is 2.42. The van der Waals surface area contributed by atoms with Crippen LogP contribution in [0.1, 0.15) is 13.8 Å². The normalized spacial score (nSPS) is 13.3. The SMILES string of the molecule is CC(C)S(=O)(=O)c1c(Cl)csc1S(C)(=O)=O. The van der Waals surface area contributed by atoms with E-state index in [1.165, 1.54) is 19.2 Å². The standard InChI is InChI=1S/C8H11ClO4S3/c1-5(2)16(12,13)7-6(9)4-14-8(7)15(3,10)11/h4-5H,1-3H3. The predicted molar refractivity (Wildman–Crippen MR) is 64.8 cm³/mol. The van der Waals surface area contributed by atoms with Crippen LogP contribution < -0.4 is 0 Å². The summed E-state index contributed by atoms with van der Waals surface area (Å²) in [5.41, 5.74) is 0. The Morgan fingerprint density at radius 1 is 1.25 bits per heavy atom. The molecule has 1 aromatic heterocycles. The van der Waals surface area contributed by atoms with E-state index in [4.69, 9.17) is 11.6 Å². The summed E-state index contributed by atoms with van der Waals surface area (Å²) >= 11 is 6.57. The van der Waals surface area contributed by atoms with Crippen LogP contribution in [0.2, 0.25) is 5.02 Å². The van der Waals surface area contributed by atoms with Gasteiger partial charge in [0.25, 0.3) is 0 Å². The summed E-state index contributed by atoms with van der Waals surface area (Å²) < 4.78 is 46.5. The fourth-order valence-corrected chi connectivity index (χ4v) is 5.96. The second-order valence-corrected chi connectivity index (χ2v) is 9.51. The Morgan fingerprint density at radius 3 is 2.12 bits per heavy atom. The number of thiophene rings is 1. The lowest BCUT2D eigenvalue weighted by atomic mass is 10.6. The molecule has 0 spiro atoms. The van der Waals surface area contributed by atoms with Crippen molar-refractivity contribution in [1.29, 1.82) is 0 Å². The largest absolute Gasteiger partial charge is 0.223 e. The van der Waals surface area contributed by atoms with E-state index in [-0.39, 0.29) is 14.1 Å². The second-order valence-electron chi connectivity index (χ2n) is 3.57. The van der Waals surface area contributed by atoms with Crippen LogP contribution in [-0.2, 0) is 19.7 Å². The molecule has 0 bridgehead atoms. The summed E-state index contributed by atoms with van der Waals surface area (Å²) in [6, 6.07) is 0. The first-order chi connectivity index (χ1) is 7.08. The first-order valence-corrected chi connectivity index (χ1v) is 8.99. The van der Waals surface area contributed by atoms with Crippen LogP contribution in [-0.4, -0.2) is 28.3 Å². The molecule has 0 amide bonds. The number of rotatable bonds is 3. The highest BCUT2D eigenvalue weighted by Gasteiger charge is 2.31. The molecular formula is C8H11ClO4S3. The molecule has 0 atom stereocenters. The van der Waals surface area contributed by atoms with E-state index >= 15 is 0 Å². The lowest BCUT2D eigenvalue weighted by molar-refractivity contribution is 0.581. The van der Waals surface area contributed by atoms with Crippen molar-refractivity contribution in [3.63, 3.8) is 0 Å². The molecule has 0 N–H and O–H groups in total. The first-order valence-electron chi connectivity index (χ1n) is 4.29. The monoisotopic (exact) mass is 302 g/mol. The van der Waals surface area contributed by atoms with Gasteiger partial charge in [-0.25, -0.2) is 16.8 Å². The van der Waals surface area contributed by atoms with Crippen LogP contribution in [0.15, 0.2) is 14.5 Å². The molecule has 92 valence electrons. The van der Waals surface area contributed by atoms with Gasteiger partial charge in [-0.15, -0.1) is 11.3 Å². The Kier molecular flexibility index (Phi) is 3.74. The van der Waals surface area contributed by atoms with Gasteiger partial charge in [-0.2, -0.15) is 0 Å². The smallest absolute Gasteiger partial charge is 0.186 e. The summed E-state index contributed by atoms with van der Waals surface area (Å²) in [6.45, 7) is 2.96. The lowest BCUT2D eigenvalue weighted by Crippen LogP contribution is -2.16. The molecule has 0 saturated heterocycles. The van der Waals surface area contributed by atoms with Crippen molar-refractivity contribution in [3.8, 4) is 0 Å². The highest BCUT2D eigenvalue weighted by Crippen LogP contribution is 2.36. The van der Waals surface area contributed by atoms with Crippen LogP contribution in [0.5, 0.6) is 0 Å². The molecule has 0 aromatic carbocycles. The predicted octanol–water partition coefficient (Wildman–Crippen LogP) is 1.99. The van der Waals surface area contributed by atoms with Crippen LogP contribution in [0.4, 0.5) is 0 Å². The molecule has 1 aromatic rings. The van der Waals surface area contributed by atoms with E-state index in [0.29, 0.717) is 0 Å². The van der Waals surface area contributed by atoms with Gasteiger partial charge in [0.15, 0.2) is 19.7 Å². The van der Waals surface area contributed by atoms with Crippen LogP contribution in [0, 0.1) is 0 Å². The van der Waals surface area contributed by atoms with E-state index in [2.05, 4.69) is 0 Å². The van der Waals surface area contributed by atoms with E-state index in [1.54, 1.807) is 0 Å². The fourth-order valence-electron chi connectivity index (χ4n) is 1.05. The van der Waals surface area contributed by atoms with Gasteiger partial charge in [-0.3, -0.25) is 0 Å². The van der Waals surface area contributed by atoms with E-state index < -0.39 is 24.9 Å². The van der Waals surface area contributed by atoms with Gasteiger partial charge in [0.05, 0.1) is 10.3 Å². The van der Waals surface area contributed by atoms with Crippen molar-refractivity contribution in [1.82, 2.24) is 0 Å². The zero-order valence-electron chi connectivity index (χ0n) is 8.89. The molecule has 0 aliphatic heterocycles. The molecule has 0 saturated carbocycles. The van der Waals surface area contributed by atoms with Gasteiger partial charge in [0.1, 0.15) is 9.10 Å². The topological polar surface area (TPSA) is 68.3 Å². The van der Waals surface area contributed by atoms with Crippen molar-refractivity contribution in [3.05, 3.63) is 10.4 Å². The summed E-state index contributed by atoms with van der Waals surface area (Å²) in [5, 5.41) is 0.590. The van der Waals surface area contributed by atoms with Crippen molar-refractivity contribution in [2.45, 2.75) is 28.2 Å². The van der Waals surface area contributed by atoms with Crippen LogP contribution >= 0.6 is 22.9 Å².